The first kappa shape index (κ1) is 25.5. The lowest BCUT2D eigenvalue weighted by molar-refractivity contribution is -0.274. The van der Waals surface area contributed by atoms with Gasteiger partial charge < -0.3 is 14.5 Å². The number of rotatable bonds is 5. The summed E-state index contributed by atoms with van der Waals surface area (Å²) in [5.41, 5.74) is 2.37. The standard InChI is InChI=1S/C25H20Cl3F3N2O2/c26-18-5-3-17(4-6-18)23-15-32(11-12-33(23)22-10-7-19(27)14-21(22)28)24(34)13-16-1-8-20(9-2-16)35-25(29,30)31/h1-10,14,23H,11-13,15H2. The van der Waals surface area contributed by atoms with Crippen molar-refractivity contribution in [1.29, 1.82) is 0 Å². The van der Waals surface area contributed by atoms with Crippen molar-refractivity contribution in [3.63, 3.8) is 0 Å². The zero-order valence-electron chi connectivity index (χ0n) is 18.2. The molecule has 1 aliphatic heterocycles. The van der Waals surface area contributed by atoms with Gasteiger partial charge in [0.05, 0.1) is 23.2 Å². The number of hydrogen-bond donors (Lipinski definition) is 0. The molecule has 0 radical (unpaired) electrons. The first-order valence-corrected chi connectivity index (χ1v) is 11.8. The third-order valence-electron chi connectivity index (χ3n) is 5.72. The summed E-state index contributed by atoms with van der Waals surface area (Å²) >= 11 is 18.6. The molecule has 1 aliphatic rings. The summed E-state index contributed by atoms with van der Waals surface area (Å²) in [7, 11) is 0. The molecule has 0 spiro atoms. The molecule has 1 saturated heterocycles. The third kappa shape index (κ3) is 6.54. The van der Waals surface area contributed by atoms with Crippen LogP contribution in [0.5, 0.6) is 5.75 Å². The predicted octanol–water partition coefficient (Wildman–Crippen LogP) is 7.18. The van der Waals surface area contributed by atoms with Gasteiger partial charge in [0, 0.05) is 29.7 Å². The van der Waals surface area contributed by atoms with E-state index in [1.807, 2.05) is 18.2 Å². The Morgan fingerprint density at radius 3 is 2.20 bits per heavy atom. The number of carbonyl (C=O) groups excluding carboxylic acids is 1. The number of carbonyl (C=O) groups is 1. The molecule has 1 unspecified atom stereocenters. The van der Waals surface area contributed by atoms with Gasteiger partial charge in [-0.2, -0.15) is 0 Å². The van der Waals surface area contributed by atoms with Gasteiger partial charge in [-0.05, 0) is 53.6 Å². The number of alkyl halides is 3. The van der Waals surface area contributed by atoms with Crippen LogP contribution in [0.1, 0.15) is 17.2 Å². The molecule has 0 aromatic heterocycles. The first-order chi connectivity index (χ1) is 16.6. The van der Waals surface area contributed by atoms with Crippen LogP contribution < -0.4 is 9.64 Å². The van der Waals surface area contributed by atoms with Gasteiger partial charge in [0.25, 0.3) is 0 Å². The van der Waals surface area contributed by atoms with E-state index in [1.54, 1.807) is 29.2 Å². The van der Waals surface area contributed by atoms with E-state index in [9.17, 15) is 18.0 Å². The molecule has 4 nitrogen and oxygen atoms in total. The van der Waals surface area contributed by atoms with Crippen molar-refractivity contribution in [2.24, 2.45) is 0 Å². The van der Waals surface area contributed by atoms with Crippen LogP contribution in [0.4, 0.5) is 18.9 Å². The van der Waals surface area contributed by atoms with Gasteiger partial charge in [-0.1, -0.05) is 59.1 Å². The maximum Gasteiger partial charge on any atom is 0.573 e. The van der Waals surface area contributed by atoms with Crippen LogP contribution in [0, 0.1) is 0 Å². The Hall–Kier alpha value is -2.61. The Kier molecular flexibility index (Phi) is 7.69. The van der Waals surface area contributed by atoms with Gasteiger partial charge in [-0.25, -0.2) is 0 Å². The van der Waals surface area contributed by atoms with Crippen molar-refractivity contribution >= 4 is 46.4 Å². The van der Waals surface area contributed by atoms with E-state index in [-0.39, 0.29) is 24.1 Å². The van der Waals surface area contributed by atoms with Gasteiger partial charge >= 0.3 is 6.36 Å². The van der Waals surface area contributed by atoms with Crippen molar-refractivity contribution < 1.29 is 22.7 Å². The second kappa shape index (κ2) is 10.6. The predicted molar refractivity (Wildman–Crippen MR) is 131 cm³/mol. The Bertz CT molecular complexity index is 1190. The molecular formula is C25H20Cl3F3N2O2. The van der Waals surface area contributed by atoms with Crippen molar-refractivity contribution in [3.8, 4) is 5.75 Å². The van der Waals surface area contributed by atoms with Crippen molar-refractivity contribution in [2.45, 2.75) is 18.8 Å². The van der Waals surface area contributed by atoms with Crippen LogP contribution in [0.3, 0.4) is 0 Å². The fourth-order valence-corrected chi connectivity index (χ4v) is 4.72. The van der Waals surface area contributed by atoms with Gasteiger partial charge in [0.15, 0.2) is 0 Å². The average Bonchev–Trinajstić information content (AvgIpc) is 2.80. The summed E-state index contributed by atoms with van der Waals surface area (Å²) in [4.78, 5) is 17.0. The SMILES string of the molecule is O=C(Cc1ccc(OC(F)(F)F)cc1)N1CCN(c2ccc(Cl)cc2Cl)C(c2ccc(Cl)cc2)C1. The highest BCUT2D eigenvalue weighted by atomic mass is 35.5. The molecule has 184 valence electrons. The van der Waals surface area contributed by atoms with Gasteiger partial charge in [-0.3, -0.25) is 4.79 Å². The molecule has 35 heavy (non-hydrogen) atoms. The third-order valence-corrected chi connectivity index (χ3v) is 6.51. The lowest BCUT2D eigenvalue weighted by atomic mass is 10.0. The fourth-order valence-electron chi connectivity index (χ4n) is 4.08. The number of halogens is 6. The zero-order chi connectivity index (χ0) is 25.2. The summed E-state index contributed by atoms with van der Waals surface area (Å²) < 4.78 is 41.0. The molecule has 1 atom stereocenters. The van der Waals surface area contributed by atoms with E-state index >= 15 is 0 Å². The summed E-state index contributed by atoms with van der Waals surface area (Å²) in [6.45, 7) is 1.38. The van der Waals surface area contributed by atoms with Crippen LogP contribution in [0.15, 0.2) is 66.7 Å². The minimum Gasteiger partial charge on any atom is -0.406 e. The number of nitrogens with zero attached hydrogens (tertiary/aromatic N) is 2. The number of benzene rings is 3. The van der Waals surface area contributed by atoms with Gasteiger partial charge in [0.1, 0.15) is 5.75 Å². The number of hydrogen-bond acceptors (Lipinski definition) is 3. The normalized spacial score (nSPS) is 16.3. The number of ether oxygens (including phenoxy) is 1. The van der Waals surface area contributed by atoms with E-state index in [4.69, 9.17) is 34.8 Å². The summed E-state index contributed by atoms with van der Waals surface area (Å²) in [6, 6.07) is 17.9. The highest BCUT2D eigenvalue weighted by molar-refractivity contribution is 6.36. The number of amides is 1. The fraction of sp³-hybridized carbons (Fsp3) is 0.240. The minimum absolute atomic E-state index is 0.0569. The Morgan fingerprint density at radius 1 is 0.914 bits per heavy atom. The largest absolute Gasteiger partial charge is 0.573 e. The quantitative estimate of drug-likeness (QED) is 0.342. The van der Waals surface area contributed by atoms with E-state index < -0.39 is 6.36 Å². The highest BCUT2D eigenvalue weighted by Gasteiger charge is 2.33. The monoisotopic (exact) mass is 542 g/mol. The van der Waals surface area contributed by atoms with Crippen LogP contribution in [-0.2, 0) is 11.2 Å². The molecule has 4 rings (SSSR count). The molecule has 0 bridgehead atoms. The summed E-state index contributed by atoms with van der Waals surface area (Å²) in [6.07, 6.45) is -4.71. The molecule has 0 aliphatic carbocycles. The summed E-state index contributed by atoms with van der Waals surface area (Å²) in [5, 5.41) is 1.64. The first-order valence-electron chi connectivity index (χ1n) is 10.7. The second-order valence-corrected chi connectivity index (χ2v) is 9.34. The Balaban J connectivity index is 1.52. The maximum atomic E-state index is 13.1. The van der Waals surface area contributed by atoms with Gasteiger partial charge in [0.2, 0.25) is 5.91 Å². The van der Waals surface area contributed by atoms with Crippen molar-refractivity contribution in [3.05, 3.63) is 92.9 Å². The molecule has 1 fully saturated rings. The highest BCUT2D eigenvalue weighted by Crippen LogP contribution is 2.37. The molecular weight excluding hydrogens is 524 g/mol. The van der Waals surface area contributed by atoms with E-state index in [0.717, 1.165) is 11.3 Å². The van der Waals surface area contributed by atoms with Gasteiger partial charge in [-0.15, -0.1) is 13.2 Å². The number of anilines is 1. The zero-order valence-corrected chi connectivity index (χ0v) is 20.5. The van der Waals surface area contributed by atoms with E-state index in [2.05, 4.69) is 9.64 Å². The van der Waals surface area contributed by atoms with Crippen molar-refractivity contribution in [2.75, 3.05) is 24.5 Å². The lowest BCUT2D eigenvalue weighted by Gasteiger charge is -2.43. The Labute approximate surface area is 215 Å². The molecule has 3 aromatic carbocycles. The van der Waals surface area contributed by atoms with E-state index in [0.29, 0.717) is 40.3 Å². The van der Waals surface area contributed by atoms with Crippen LogP contribution in [-0.4, -0.2) is 36.8 Å². The minimum atomic E-state index is -4.76. The smallest absolute Gasteiger partial charge is 0.406 e. The second-order valence-electron chi connectivity index (χ2n) is 8.06. The molecule has 1 heterocycles. The van der Waals surface area contributed by atoms with Crippen LogP contribution in [0.25, 0.3) is 0 Å². The molecule has 0 saturated carbocycles. The lowest BCUT2D eigenvalue weighted by Crippen LogP contribution is -2.51. The van der Waals surface area contributed by atoms with Crippen LogP contribution >= 0.6 is 34.8 Å². The average molecular weight is 544 g/mol. The molecule has 10 heteroatoms. The Morgan fingerprint density at radius 2 is 1.57 bits per heavy atom. The number of piperazine rings is 1. The molecule has 0 N–H and O–H groups in total. The van der Waals surface area contributed by atoms with E-state index in [1.165, 1.54) is 24.3 Å². The maximum absolute atomic E-state index is 13.1. The van der Waals surface area contributed by atoms with Crippen LogP contribution in [0.2, 0.25) is 15.1 Å². The molecule has 3 aromatic rings. The molecule has 1 amide bonds. The summed E-state index contributed by atoms with van der Waals surface area (Å²) in [5.74, 6) is -0.458. The van der Waals surface area contributed by atoms with Crippen molar-refractivity contribution in [1.82, 2.24) is 4.90 Å². The topological polar surface area (TPSA) is 32.8 Å².